The van der Waals surface area contributed by atoms with E-state index in [1.165, 1.54) is 6.07 Å². The number of nitrogens with zero attached hydrogens (tertiary/aromatic N) is 1. The lowest BCUT2D eigenvalue weighted by Gasteiger charge is -2.16. The molecule has 0 radical (unpaired) electrons. The van der Waals surface area contributed by atoms with Gasteiger partial charge in [-0.3, -0.25) is 4.98 Å². The third-order valence-corrected chi connectivity index (χ3v) is 4.40. The molecule has 0 saturated heterocycles. The standard InChI is InChI=1S/C22H20ClFN2O2/c1-3-5-21(27)17-13-15(28-2)8-10-19(17)26-20-6-4-11-25-22(20)16-9-7-14(23)12-18(16)24/h4-13,26-27H,3H2,1-2H3/b21-5-. The zero-order valence-corrected chi connectivity index (χ0v) is 16.3. The molecule has 0 bridgehead atoms. The fourth-order valence-electron chi connectivity index (χ4n) is 2.82. The van der Waals surface area contributed by atoms with E-state index in [0.29, 0.717) is 45.4 Å². The van der Waals surface area contributed by atoms with E-state index in [0.717, 1.165) is 0 Å². The Bertz CT molecular complexity index is 1020. The summed E-state index contributed by atoms with van der Waals surface area (Å²) < 4.78 is 19.7. The van der Waals surface area contributed by atoms with Gasteiger partial charge in [-0.25, -0.2) is 4.39 Å². The first kappa shape index (κ1) is 19.7. The molecule has 0 aliphatic heterocycles. The number of halogens is 2. The number of benzene rings is 2. The van der Waals surface area contributed by atoms with E-state index in [1.807, 2.05) is 6.92 Å². The molecule has 0 atom stereocenters. The molecule has 0 aliphatic rings. The van der Waals surface area contributed by atoms with Gasteiger partial charge in [0.15, 0.2) is 0 Å². The number of hydrogen-bond donors (Lipinski definition) is 2. The molecule has 1 aromatic heterocycles. The van der Waals surface area contributed by atoms with Gasteiger partial charge in [0.2, 0.25) is 0 Å². The number of aromatic nitrogens is 1. The number of rotatable bonds is 6. The van der Waals surface area contributed by atoms with Crippen LogP contribution in [0.3, 0.4) is 0 Å². The van der Waals surface area contributed by atoms with E-state index in [2.05, 4.69) is 10.3 Å². The van der Waals surface area contributed by atoms with E-state index in [9.17, 15) is 9.50 Å². The molecule has 2 aromatic carbocycles. The van der Waals surface area contributed by atoms with Gasteiger partial charge in [-0.1, -0.05) is 18.5 Å². The van der Waals surface area contributed by atoms with Crippen molar-refractivity contribution in [3.63, 3.8) is 0 Å². The number of allylic oxidation sites excluding steroid dienone is 1. The van der Waals surface area contributed by atoms with Gasteiger partial charge in [-0.05, 0) is 61.0 Å². The number of pyridine rings is 1. The fourth-order valence-corrected chi connectivity index (χ4v) is 2.98. The fraction of sp³-hybridized carbons (Fsp3) is 0.136. The number of aliphatic hydroxyl groups excluding tert-OH is 1. The summed E-state index contributed by atoms with van der Waals surface area (Å²) in [5.41, 5.74) is 2.59. The second-order valence-corrected chi connectivity index (χ2v) is 6.49. The van der Waals surface area contributed by atoms with Crippen LogP contribution in [0.5, 0.6) is 5.75 Å². The van der Waals surface area contributed by atoms with Gasteiger partial charge in [0.1, 0.15) is 17.3 Å². The van der Waals surface area contributed by atoms with Crippen LogP contribution >= 0.6 is 11.6 Å². The van der Waals surface area contributed by atoms with E-state index in [-0.39, 0.29) is 5.76 Å². The highest BCUT2D eigenvalue weighted by molar-refractivity contribution is 6.30. The molecule has 0 saturated carbocycles. The topological polar surface area (TPSA) is 54.4 Å². The van der Waals surface area contributed by atoms with Gasteiger partial charge in [-0.2, -0.15) is 0 Å². The Morgan fingerprint density at radius 3 is 2.75 bits per heavy atom. The Kier molecular flexibility index (Phi) is 6.16. The van der Waals surface area contributed by atoms with Crippen LogP contribution in [0.15, 0.2) is 60.8 Å². The Hall–Kier alpha value is -3.05. The van der Waals surface area contributed by atoms with Gasteiger partial charge >= 0.3 is 0 Å². The zero-order valence-electron chi connectivity index (χ0n) is 15.5. The maximum absolute atomic E-state index is 14.4. The third kappa shape index (κ3) is 4.26. The van der Waals surface area contributed by atoms with E-state index < -0.39 is 5.82 Å². The van der Waals surface area contributed by atoms with Gasteiger partial charge in [-0.15, -0.1) is 0 Å². The maximum atomic E-state index is 14.4. The number of hydrogen-bond acceptors (Lipinski definition) is 4. The van der Waals surface area contributed by atoms with Gasteiger partial charge in [0, 0.05) is 28.0 Å². The van der Waals surface area contributed by atoms with Crippen molar-refractivity contribution in [1.82, 2.24) is 4.98 Å². The number of ether oxygens (including phenoxy) is 1. The number of nitrogens with one attached hydrogen (secondary N) is 1. The first-order chi connectivity index (χ1) is 13.5. The average Bonchev–Trinajstić information content (AvgIpc) is 2.69. The minimum absolute atomic E-state index is 0.131. The highest BCUT2D eigenvalue weighted by Gasteiger charge is 2.15. The molecule has 3 rings (SSSR count). The number of aliphatic hydroxyl groups is 1. The van der Waals surface area contributed by atoms with Crippen LogP contribution in [0, 0.1) is 5.82 Å². The Labute approximate surface area is 168 Å². The second-order valence-electron chi connectivity index (χ2n) is 6.06. The normalized spacial score (nSPS) is 11.4. The smallest absolute Gasteiger partial charge is 0.134 e. The van der Waals surface area contributed by atoms with E-state index >= 15 is 0 Å². The van der Waals surface area contributed by atoms with Crippen LogP contribution in [-0.4, -0.2) is 17.2 Å². The average molecular weight is 399 g/mol. The highest BCUT2D eigenvalue weighted by Crippen LogP contribution is 2.34. The predicted octanol–water partition coefficient (Wildman–Crippen LogP) is 6.60. The van der Waals surface area contributed by atoms with E-state index in [4.69, 9.17) is 16.3 Å². The SMILES string of the molecule is CC/C=C(\O)c1cc(OC)ccc1Nc1cccnc1-c1ccc(Cl)cc1F. The molecule has 3 aromatic rings. The number of anilines is 2. The first-order valence-electron chi connectivity index (χ1n) is 8.78. The summed E-state index contributed by atoms with van der Waals surface area (Å²) in [5.74, 6) is 0.289. The molecule has 0 aliphatic carbocycles. The zero-order chi connectivity index (χ0) is 20.1. The van der Waals surface area contributed by atoms with Crippen LogP contribution in [0.1, 0.15) is 18.9 Å². The van der Waals surface area contributed by atoms with Crippen molar-refractivity contribution in [3.05, 3.63) is 77.2 Å². The molecule has 0 unspecified atom stereocenters. The summed E-state index contributed by atoms with van der Waals surface area (Å²) in [5, 5.41) is 14.0. The van der Waals surface area contributed by atoms with Gasteiger partial charge in [0.25, 0.3) is 0 Å². The van der Waals surface area contributed by atoms with Crippen molar-refractivity contribution in [2.24, 2.45) is 0 Å². The second kappa shape index (κ2) is 8.76. The first-order valence-corrected chi connectivity index (χ1v) is 9.16. The van der Waals surface area contributed by atoms with Crippen molar-refractivity contribution >= 4 is 28.7 Å². The lowest BCUT2D eigenvalue weighted by molar-refractivity contribution is 0.414. The maximum Gasteiger partial charge on any atom is 0.134 e. The van der Waals surface area contributed by atoms with Crippen LogP contribution in [0.2, 0.25) is 5.02 Å². The highest BCUT2D eigenvalue weighted by atomic mass is 35.5. The largest absolute Gasteiger partial charge is 0.508 e. The monoisotopic (exact) mass is 398 g/mol. The van der Waals surface area contributed by atoms with Crippen LogP contribution in [0.25, 0.3) is 17.0 Å². The molecule has 2 N–H and O–H groups in total. The summed E-state index contributed by atoms with van der Waals surface area (Å²) in [4.78, 5) is 4.33. The molecule has 0 spiro atoms. The molecule has 0 amide bonds. The Balaban J connectivity index is 2.07. The molecule has 6 heteroatoms. The van der Waals surface area contributed by atoms with Crippen molar-refractivity contribution < 1.29 is 14.2 Å². The summed E-state index contributed by atoms with van der Waals surface area (Å²) in [7, 11) is 1.56. The number of methoxy groups -OCH3 is 1. The van der Waals surface area contributed by atoms with Gasteiger partial charge in [0.05, 0.1) is 18.5 Å². The molecule has 0 fully saturated rings. The summed E-state index contributed by atoms with van der Waals surface area (Å²) in [6.07, 6.45) is 3.98. The van der Waals surface area contributed by atoms with Crippen LogP contribution < -0.4 is 10.1 Å². The Morgan fingerprint density at radius 2 is 2.04 bits per heavy atom. The molecule has 28 heavy (non-hydrogen) atoms. The molecule has 1 heterocycles. The predicted molar refractivity (Wildman–Crippen MR) is 112 cm³/mol. The van der Waals surface area contributed by atoms with Gasteiger partial charge < -0.3 is 15.2 Å². The van der Waals surface area contributed by atoms with Crippen LogP contribution in [-0.2, 0) is 0 Å². The Morgan fingerprint density at radius 1 is 1.21 bits per heavy atom. The quantitative estimate of drug-likeness (QED) is 0.459. The van der Waals surface area contributed by atoms with Crippen molar-refractivity contribution in [2.45, 2.75) is 13.3 Å². The molecule has 144 valence electrons. The van der Waals surface area contributed by atoms with E-state index in [1.54, 1.807) is 61.8 Å². The minimum Gasteiger partial charge on any atom is -0.508 e. The van der Waals surface area contributed by atoms with Crippen LogP contribution in [0.4, 0.5) is 15.8 Å². The van der Waals surface area contributed by atoms with Crippen molar-refractivity contribution in [2.75, 3.05) is 12.4 Å². The molecular weight excluding hydrogens is 379 g/mol. The molecular formula is C22H20ClFN2O2. The summed E-state index contributed by atoms with van der Waals surface area (Å²) in [6, 6.07) is 13.3. The minimum atomic E-state index is -0.460. The summed E-state index contributed by atoms with van der Waals surface area (Å²) >= 11 is 5.87. The lowest BCUT2D eigenvalue weighted by atomic mass is 10.1. The van der Waals surface area contributed by atoms with Crippen molar-refractivity contribution in [1.29, 1.82) is 0 Å². The summed E-state index contributed by atoms with van der Waals surface area (Å²) in [6.45, 7) is 1.94. The molecule has 4 nitrogen and oxygen atoms in total. The lowest BCUT2D eigenvalue weighted by Crippen LogP contribution is -2.00. The third-order valence-electron chi connectivity index (χ3n) is 4.16. The van der Waals surface area contributed by atoms with Crippen molar-refractivity contribution in [3.8, 4) is 17.0 Å².